The summed E-state index contributed by atoms with van der Waals surface area (Å²) in [5, 5.41) is 7.26. The Hall–Kier alpha value is -3.60. The second-order valence-electron chi connectivity index (χ2n) is 6.87. The van der Waals surface area contributed by atoms with Crippen molar-refractivity contribution in [2.75, 3.05) is 12.4 Å². The van der Waals surface area contributed by atoms with Crippen molar-refractivity contribution in [3.63, 3.8) is 0 Å². The predicted octanol–water partition coefficient (Wildman–Crippen LogP) is 4.69. The molecule has 2 N–H and O–H groups in total. The minimum Gasteiger partial charge on any atom is -0.462 e. The number of thioether (sulfide) groups is 1. The molecule has 170 valence electrons. The summed E-state index contributed by atoms with van der Waals surface area (Å²) in [6, 6.07) is 16.6. The number of nitrogen functional groups attached to an aromatic ring is 1. The second kappa shape index (κ2) is 9.10. The molecule has 0 aliphatic carbocycles. The summed E-state index contributed by atoms with van der Waals surface area (Å²) in [6.07, 6.45) is -4.74. The number of carbonyl (C=O) groups excluding carboxylic acids is 1. The van der Waals surface area contributed by atoms with Gasteiger partial charge in [0.2, 0.25) is 5.16 Å². The molecule has 2 aromatic carbocycles. The zero-order valence-electron chi connectivity index (χ0n) is 17.3. The molecule has 0 unspecified atom stereocenters. The molecule has 7 nitrogen and oxygen atoms in total. The van der Waals surface area contributed by atoms with Gasteiger partial charge in [-0.25, -0.2) is 9.47 Å². The Morgan fingerprint density at radius 2 is 1.79 bits per heavy atom. The van der Waals surface area contributed by atoms with Crippen LogP contribution in [0, 0.1) is 0 Å². The van der Waals surface area contributed by atoms with Gasteiger partial charge < -0.3 is 10.6 Å². The van der Waals surface area contributed by atoms with E-state index in [1.807, 2.05) is 48.5 Å². The molecular formula is C22H18F3N5O2S. The number of carbonyl (C=O) groups is 1. The van der Waals surface area contributed by atoms with E-state index < -0.39 is 18.0 Å². The number of esters is 1. The van der Waals surface area contributed by atoms with E-state index in [0.29, 0.717) is 21.5 Å². The molecule has 0 aliphatic heterocycles. The van der Waals surface area contributed by atoms with Crippen LogP contribution in [-0.2, 0) is 16.7 Å². The van der Waals surface area contributed by atoms with Crippen molar-refractivity contribution in [3.8, 4) is 11.1 Å². The summed E-state index contributed by atoms with van der Waals surface area (Å²) in [5.41, 5.74) is 2.64. The maximum absolute atomic E-state index is 13.0. The van der Waals surface area contributed by atoms with Crippen LogP contribution in [0.3, 0.4) is 0 Å². The Bertz CT molecular complexity index is 1310. The van der Waals surface area contributed by atoms with Crippen molar-refractivity contribution < 1.29 is 22.7 Å². The molecule has 0 atom stereocenters. The molecule has 2 aromatic heterocycles. The fourth-order valence-corrected chi connectivity index (χ4v) is 4.20. The largest absolute Gasteiger partial charge is 0.462 e. The van der Waals surface area contributed by atoms with Crippen LogP contribution in [0.1, 0.15) is 28.8 Å². The number of ether oxygens (including phenoxy) is 1. The van der Waals surface area contributed by atoms with E-state index in [2.05, 4.69) is 15.2 Å². The first-order chi connectivity index (χ1) is 15.8. The molecule has 2 heterocycles. The molecule has 0 bridgehead atoms. The fourth-order valence-electron chi connectivity index (χ4n) is 3.40. The number of nitrogens with two attached hydrogens (primary N) is 1. The Balaban J connectivity index is 1.85. The van der Waals surface area contributed by atoms with Gasteiger partial charge in [0.15, 0.2) is 0 Å². The molecule has 0 radical (unpaired) electrons. The third-order valence-corrected chi connectivity index (χ3v) is 5.72. The molecular weight excluding hydrogens is 455 g/mol. The topological polar surface area (TPSA) is 95.9 Å². The zero-order chi connectivity index (χ0) is 23.6. The normalized spacial score (nSPS) is 11.6. The lowest BCUT2D eigenvalue weighted by Gasteiger charge is -2.16. The lowest BCUT2D eigenvalue weighted by molar-refractivity contribution is -0.146. The van der Waals surface area contributed by atoms with Crippen molar-refractivity contribution in [2.45, 2.75) is 24.0 Å². The Morgan fingerprint density at radius 3 is 2.45 bits per heavy atom. The van der Waals surface area contributed by atoms with Crippen LogP contribution in [0.15, 0.2) is 59.8 Å². The molecule has 33 heavy (non-hydrogen) atoms. The van der Waals surface area contributed by atoms with Crippen molar-refractivity contribution >= 4 is 28.6 Å². The van der Waals surface area contributed by atoms with Crippen molar-refractivity contribution in [1.29, 1.82) is 0 Å². The maximum atomic E-state index is 13.0. The summed E-state index contributed by atoms with van der Waals surface area (Å²) in [4.78, 5) is 17.7. The number of benzene rings is 2. The fraction of sp³-hybridized carbons (Fsp3) is 0.182. The molecule has 0 fully saturated rings. The van der Waals surface area contributed by atoms with Crippen LogP contribution in [0.4, 0.5) is 13.2 Å². The number of hydrogen-bond acceptors (Lipinski definition) is 7. The van der Waals surface area contributed by atoms with Crippen LogP contribution in [0.25, 0.3) is 22.0 Å². The van der Waals surface area contributed by atoms with E-state index in [1.54, 1.807) is 13.0 Å². The Kier molecular flexibility index (Phi) is 6.23. The number of hydrogen-bond donors (Lipinski definition) is 1. The molecule has 0 amide bonds. The van der Waals surface area contributed by atoms with Gasteiger partial charge in [-0.3, -0.25) is 4.98 Å². The van der Waals surface area contributed by atoms with Crippen LogP contribution in [0.2, 0.25) is 0 Å². The number of pyridine rings is 1. The first kappa shape index (κ1) is 22.6. The monoisotopic (exact) mass is 473 g/mol. The quantitative estimate of drug-likeness (QED) is 0.246. The highest BCUT2D eigenvalue weighted by atomic mass is 32.2. The number of aromatic nitrogens is 4. The van der Waals surface area contributed by atoms with Crippen molar-refractivity contribution in [2.24, 2.45) is 0 Å². The number of para-hydroxylation sites is 1. The number of fused-ring (bicyclic) bond motifs is 1. The minimum atomic E-state index is -4.74. The van der Waals surface area contributed by atoms with Gasteiger partial charge in [0, 0.05) is 16.7 Å². The first-order valence-electron chi connectivity index (χ1n) is 9.86. The van der Waals surface area contributed by atoms with Gasteiger partial charge in [0.05, 0.1) is 23.4 Å². The number of nitrogens with zero attached hydrogens (tertiary/aromatic N) is 4. The van der Waals surface area contributed by atoms with Crippen LogP contribution < -0.4 is 5.84 Å². The third-order valence-electron chi connectivity index (χ3n) is 4.77. The van der Waals surface area contributed by atoms with E-state index in [0.717, 1.165) is 22.7 Å². The highest BCUT2D eigenvalue weighted by molar-refractivity contribution is 7.98. The van der Waals surface area contributed by atoms with Gasteiger partial charge in [-0.1, -0.05) is 60.3 Å². The lowest BCUT2D eigenvalue weighted by atomic mass is 9.94. The zero-order valence-corrected chi connectivity index (χ0v) is 18.2. The lowest BCUT2D eigenvalue weighted by Crippen LogP contribution is -2.21. The van der Waals surface area contributed by atoms with E-state index in [9.17, 15) is 18.0 Å². The highest BCUT2D eigenvalue weighted by Crippen LogP contribution is 2.36. The molecule has 4 rings (SSSR count). The van der Waals surface area contributed by atoms with E-state index in [4.69, 9.17) is 10.6 Å². The Labute approximate surface area is 190 Å². The summed E-state index contributed by atoms with van der Waals surface area (Å²) in [5.74, 6) is 3.68. The van der Waals surface area contributed by atoms with Gasteiger partial charge in [-0.2, -0.15) is 13.2 Å². The smallest absolute Gasteiger partial charge is 0.453 e. The maximum Gasteiger partial charge on any atom is 0.453 e. The average molecular weight is 473 g/mol. The molecule has 0 aliphatic rings. The first-order valence-corrected chi connectivity index (χ1v) is 10.8. The number of halogens is 3. The summed E-state index contributed by atoms with van der Waals surface area (Å²) in [6.45, 7) is 1.84. The summed E-state index contributed by atoms with van der Waals surface area (Å²) < 4.78 is 44.7. The van der Waals surface area contributed by atoms with Crippen LogP contribution in [0.5, 0.6) is 0 Å². The van der Waals surface area contributed by atoms with Crippen molar-refractivity contribution in [3.05, 3.63) is 71.7 Å². The third kappa shape index (κ3) is 4.49. The van der Waals surface area contributed by atoms with Gasteiger partial charge >= 0.3 is 12.1 Å². The molecule has 11 heteroatoms. The van der Waals surface area contributed by atoms with Gasteiger partial charge in [-0.15, -0.1) is 10.2 Å². The SMILES string of the molecule is CCOC(=O)c1c(CSc2nnc(C(F)(F)F)n2N)nc2ccccc2c1-c1ccccc1. The Morgan fingerprint density at radius 1 is 1.09 bits per heavy atom. The highest BCUT2D eigenvalue weighted by Gasteiger charge is 2.38. The van der Waals surface area contributed by atoms with Crippen LogP contribution in [-0.4, -0.2) is 32.4 Å². The summed E-state index contributed by atoms with van der Waals surface area (Å²) >= 11 is 0.893. The van der Waals surface area contributed by atoms with Gasteiger partial charge in [0.25, 0.3) is 5.82 Å². The minimum absolute atomic E-state index is 0.0198. The standard InChI is InChI=1S/C22H18F3N5O2S/c1-2-32-19(31)18-16(12-33-21-29-28-20(30(21)26)22(23,24)25)27-15-11-7-6-10-14(15)17(18)13-8-4-3-5-9-13/h3-11H,2,12,26H2,1H3. The van der Waals surface area contributed by atoms with Crippen molar-refractivity contribution in [1.82, 2.24) is 19.9 Å². The van der Waals surface area contributed by atoms with Gasteiger partial charge in [-0.05, 0) is 18.6 Å². The van der Waals surface area contributed by atoms with E-state index in [-0.39, 0.29) is 23.1 Å². The van der Waals surface area contributed by atoms with E-state index >= 15 is 0 Å². The second-order valence-corrected chi connectivity index (χ2v) is 7.82. The van der Waals surface area contributed by atoms with Crippen LogP contribution >= 0.6 is 11.8 Å². The number of rotatable bonds is 6. The van der Waals surface area contributed by atoms with E-state index in [1.165, 1.54) is 0 Å². The van der Waals surface area contributed by atoms with Gasteiger partial charge in [0.1, 0.15) is 0 Å². The molecule has 4 aromatic rings. The number of alkyl halides is 3. The molecule has 0 saturated heterocycles. The average Bonchev–Trinajstić information content (AvgIpc) is 3.18. The predicted molar refractivity (Wildman–Crippen MR) is 118 cm³/mol. The molecule has 0 saturated carbocycles. The summed E-state index contributed by atoms with van der Waals surface area (Å²) in [7, 11) is 0. The molecule has 0 spiro atoms.